The van der Waals surface area contributed by atoms with Gasteiger partial charge in [-0.3, -0.25) is 0 Å². The van der Waals surface area contributed by atoms with Crippen molar-refractivity contribution in [1.82, 2.24) is 19.9 Å². The minimum absolute atomic E-state index is 0.476. The van der Waals surface area contributed by atoms with E-state index in [-0.39, 0.29) is 0 Å². The lowest BCUT2D eigenvalue weighted by Crippen LogP contribution is -2.25. The van der Waals surface area contributed by atoms with Crippen molar-refractivity contribution in [3.05, 3.63) is 241 Å². The Balaban J connectivity index is 1.08. The zero-order valence-corrected chi connectivity index (χ0v) is 34.1. The molecule has 0 unspecified atom stereocenters. The van der Waals surface area contributed by atoms with Gasteiger partial charge in [-0.05, 0) is 90.7 Å². The molecule has 11 aromatic rings. The smallest absolute Gasteiger partial charge is 0.164 e. The van der Waals surface area contributed by atoms with Crippen LogP contribution in [0.5, 0.6) is 0 Å². The maximum Gasteiger partial charge on any atom is 0.164 e. The van der Waals surface area contributed by atoms with E-state index in [1.165, 1.54) is 55.3 Å². The molecular formula is C59H36N4. The van der Waals surface area contributed by atoms with Crippen molar-refractivity contribution in [2.75, 3.05) is 0 Å². The Hall–Kier alpha value is -8.34. The van der Waals surface area contributed by atoms with Crippen LogP contribution in [0.4, 0.5) is 0 Å². The summed E-state index contributed by atoms with van der Waals surface area (Å²) in [6.07, 6.45) is 0. The van der Waals surface area contributed by atoms with Crippen molar-refractivity contribution in [2.45, 2.75) is 5.41 Å². The third kappa shape index (κ3) is 5.35. The van der Waals surface area contributed by atoms with Crippen LogP contribution in [0.25, 0.3) is 100 Å². The van der Waals surface area contributed by atoms with Crippen LogP contribution in [0.1, 0.15) is 22.3 Å². The molecule has 2 aromatic heterocycles. The highest BCUT2D eigenvalue weighted by atomic mass is 15.0. The highest BCUT2D eigenvalue weighted by Crippen LogP contribution is 2.63. The van der Waals surface area contributed by atoms with Crippen molar-refractivity contribution < 1.29 is 0 Å². The molecule has 2 aliphatic rings. The number of rotatable bonds is 5. The van der Waals surface area contributed by atoms with E-state index in [0.717, 1.165) is 50.0 Å². The molecule has 0 fully saturated rings. The van der Waals surface area contributed by atoms with Crippen LogP contribution in [0.3, 0.4) is 0 Å². The van der Waals surface area contributed by atoms with Crippen LogP contribution in [0, 0.1) is 0 Å². The number of pyridine rings is 1. The Morgan fingerprint density at radius 2 is 0.746 bits per heavy atom. The molecule has 0 bridgehead atoms. The molecule has 292 valence electrons. The summed E-state index contributed by atoms with van der Waals surface area (Å²) in [5, 5.41) is 3.44. The van der Waals surface area contributed by atoms with Crippen molar-refractivity contribution in [3.8, 4) is 78.8 Å². The number of benzene rings is 9. The zero-order chi connectivity index (χ0) is 41.5. The van der Waals surface area contributed by atoms with Gasteiger partial charge in [0.2, 0.25) is 0 Å². The Morgan fingerprint density at radius 1 is 0.270 bits per heavy atom. The Kier molecular flexibility index (Phi) is 7.79. The Morgan fingerprint density at radius 3 is 1.40 bits per heavy atom. The molecule has 0 atom stereocenters. The van der Waals surface area contributed by atoms with Gasteiger partial charge in [-0.25, -0.2) is 19.9 Å². The topological polar surface area (TPSA) is 51.6 Å². The van der Waals surface area contributed by atoms with Gasteiger partial charge in [0.1, 0.15) is 0 Å². The summed E-state index contributed by atoms with van der Waals surface area (Å²) in [7, 11) is 0. The van der Waals surface area contributed by atoms with Crippen LogP contribution < -0.4 is 0 Å². The largest absolute Gasteiger partial charge is 0.248 e. The van der Waals surface area contributed by atoms with Crippen molar-refractivity contribution in [3.63, 3.8) is 0 Å². The quantitative estimate of drug-likeness (QED) is 0.174. The van der Waals surface area contributed by atoms with Crippen molar-refractivity contribution in [2.24, 2.45) is 0 Å². The van der Waals surface area contributed by atoms with E-state index in [0.29, 0.717) is 17.5 Å². The van der Waals surface area contributed by atoms with Gasteiger partial charge >= 0.3 is 0 Å². The number of hydrogen-bond donors (Lipinski definition) is 0. The van der Waals surface area contributed by atoms with Crippen LogP contribution in [0.15, 0.2) is 218 Å². The van der Waals surface area contributed by atoms with E-state index >= 15 is 0 Å². The van der Waals surface area contributed by atoms with Gasteiger partial charge in [0.25, 0.3) is 0 Å². The van der Waals surface area contributed by atoms with E-state index in [1.807, 2.05) is 60.7 Å². The minimum atomic E-state index is -0.476. The third-order valence-corrected chi connectivity index (χ3v) is 13.1. The molecule has 1 spiro atoms. The second kappa shape index (κ2) is 13.8. The normalized spacial score (nSPS) is 12.9. The summed E-state index contributed by atoms with van der Waals surface area (Å²) in [6.45, 7) is 0. The molecule has 0 amide bonds. The average Bonchev–Trinajstić information content (AvgIpc) is 3.82. The molecule has 63 heavy (non-hydrogen) atoms. The lowest BCUT2D eigenvalue weighted by Gasteiger charge is -2.30. The molecule has 4 nitrogen and oxygen atoms in total. The predicted molar refractivity (Wildman–Crippen MR) is 256 cm³/mol. The van der Waals surface area contributed by atoms with Crippen LogP contribution in [-0.4, -0.2) is 19.9 Å². The average molecular weight is 801 g/mol. The lowest BCUT2D eigenvalue weighted by atomic mass is 9.70. The van der Waals surface area contributed by atoms with Crippen LogP contribution >= 0.6 is 0 Å². The van der Waals surface area contributed by atoms with Gasteiger partial charge in [0.05, 0.1) is 16.6 Å². The second-order valence-corrected chi connectivity index (χ2v) is 16.5. The summed E-state index contributed by atoms with van der Waals surface area (Å²) in [6, 6.07) is 78.1. The summed E-state index contributed by atoms with van der Waals surface area (Å²) >= 11 is 0. The molecule has 0 radical (unpaired) electrons. The number of hydrogen-bond acceptors (Lipinski definition) is 4. The summed E-state index contributed by atoms with van der Waals surface area (Å²) in [5.41, 5.74) is 17.7. The summed E-state index contributed by atoms with van der Waals surface area (Å²) in [5.74, 6) is 1.89. The first-order valence-corrected chi connectivity index (χ1v) is 21.5. The minimum Gasteiger partial charge on any atom is -0.248 e. The van der Waals surface area contributed by atoms with Crippen molar-refractivity contribution >= 4 is 21.7 Å². The molecule has 2 heterocycles. The van der Waals surface area contributed by atoms with Gasteiger partial charge in [-0.2, -0.15) is 0 Å². The molecule has 4 heteroatoms. The fraction of sp³-hybridized carbons (Fsp3) is 0.0169. The highest BCUT2D eigenvalue weighted by Gasteiger charge is 2.51. The fourth-order valence-corrected chi connectivity index (χ4v) is 10.4. The maximum absolute atomic E-state index is 5.63. The third-order valence-electron chi connectivity index (χ3n) is 13.1. The van der Waals surface area contributed by atoms with E-state index in [9.17, 15) is 0 Å². The van der Waals surface area contributed by atoms with E-state index in [1.54, 1.807) is 0 Å². The maximum atomic E-state index is 5.63. The number of aromatic nitrogens is 4. The molecule has 2 aliphatic carbocycles. The standard InChI is InChI=1S/C59H36N4/c1-3-18-38(19-4-1)56-61-57(39-20-5-2-6-21-39)63-58(62-56)41-24-15-23-40(33-41)47-35-54(46-29-16-22-37-17-7-8-25-42(37)46)60-55-36-53-48(34-49(47)55)45-28-11-14-32-52(45)59(53)50-30-12-9-26-43(50)44-27-10-13-31-51(44)59/h1-36H. The SMILES string of the molecule is c1ccc(-c2nc(-c3ccccc3)nc(-c3cccc(-c4cc(-c5cccc6ccccc56)nc5cc6c(cc45)-c4ccccc4C64c5ccccc5-c5ccccc54)c3)n2)cc1. The number of nitrogens with zero attached hydrogens (tertiary/aromatic N) is 4. The highest BCUT2D eigenvalue weighted by molar-refractivity contribution is 6.06. The van der Waals surface area contributed by atoms with E-state index in [2.05, 4.69) is 158 Å². The van der Waals surface area contributed by atoms with Gasteiger partial charge < -0.3 is 0 Å². The number of fused-ring (bicyclic) bond motifs is 12. The second-order valence-electron chi connectivity index (χ2n) is 16.5. The predicted octanol–water partition coefficient (Wildman–Crippen LogP) is 14.3. The lowest BCUT2D eigenvalue weighted by molar-refractivity contribution is 0.794. The zero-order valence-electron chi connectivity index (χ0n) is 34.1. The van der Waals surface area contributed by atoms with Crippen LogP contribution in [0.2, 0.25) is 0 Å². The first-order valence-electron chi connectivity index (χ1n) is 21.5. The first-order chi connectivity index (χ1) is 31.2. The monoisotopic (exact) mass is 800 g/mol. The summed E-state index contributed by atoms with van der Waals surface area (Å²) in [4.78, 5) is 20.8. The summed E-state index contributed by atoms with van der Waals surface area (Å²) < 4.78 is 0. The Labute approximate surface area is 364 Å². The molecule has 0 aliphatic heterocycles. The Bertz CT molecular complexity index is 3520. The van der Waals surface area contributed by atoms with Crippen molar-refractivity contribution in [1.29, 1.82) is 0 Å². The molecule has 9 aromatic carbocycles. The molecular weight excluding hydrogens is 765 g/mol. The first kappa shape index (κ1) is 35.4. The molecule has 13 rings (SSSR count). The van der Waals surface area contributed by atoms with Gasteiger partial charge in [-0.1, -0.05) is 194 Å². The van der Waals surface area contributed by atoms with Gasteiger partial charge in [0.15, 0.2) is 17.5 Å². The van der Waals surface area contributed by atoms with Gasteiger partial charge in [-0.15, -0.1) is 0 Å². The van der Waals surface area contributed by atoms with Gasteiger partial charge in [0, 0.05) is 27.6 Å². The van der Waals surface area contributed by atoms with Crippen LogP contribution in [-0.2, 0) is 5.41 Å². The molecule has 0 saturated carbocycles. The van der Waals surface area contributed by atoms with E-state index in [4.69, 9.17) is 19.9 Å². The fourth-order valence-electron chi connectivity index (χ4n) is 10.4. The van der Waals surface area contributed by atoms with E-state index < -0.39 is 5.41 Å². The molecule has 0 saturated heterocycles. The molecule has 0 N–H and O–H groups in total.